The van der Waals surface area contributed by atoms with Crippen molar-refractivity contribution in [2.45, 2.75) is 183 Å². The van der Waals surface area contributed by atoms with E-state index in [-0.39, 0.29) is 86.1 Å². The molecular formula is C78H99N5O11. The number of aliphatic hydroxyl groups is 4. The van der Waals surface area contributed by atoms with E-state index < -0.39 is 35.6 Å². The highest BCUT2D eigenvalue weighted by Gasteiger charge is 2.56. The number of aromatic hydroxyl groups is 2. The third-order valence-electron chi connectivity index (χ3n) is 21.9. The van der Waals surface area contributed by atoms with Crippen LogP contribution in [0.2, 0.25) is 0 Å². The molecule has 5 aromatic carbocycles. The van der Waals surface area contributed by atoms with Gasteiger partial charge in [0.2, 0.25) is 0 Å². The number of phenolic OH excluding ortho intramolecular Hbond substituents is 2. The molecule has 7 aliphatic rings. The number of methoxy groups -OCH3 is 1. The third-order valence-corrected chi connectivity index (χ3v) is 21.9. The molecule has 0 saturated heterocycles. The van der Waals surface area contributed by atoms with E-state index in [1.165, 1.54) is 42.4 Å². The Morgan fingerprint density at radius 3 is 2.49 bits per heavy atom. The van der Waals surface area contributed by atoms with Crippen LogP contribution in [0.5, 0.6) is 28.7 Å². The van der Waals surface area contributed by atoms with Crippen molar-refractivity contribution in [1.82, 2.24) is 26.3 Å². The van der Waals surface area contributed by atoms with Gasteiger partial charge in [0, 0.05) is 98.9 Å². The van der Waals surface area contributed by atoms with Gasteiger partial charge in [0.1, 0.15) is 41.1 Å². The molecule has 0 radical (unpaired) electrons. The first kappa shape index (κ1) is 66.2. The average Bonchev–Trinajstić information content (AvgIpc) is 0.791. The van der Waals surface area contributed by atoms with E-state index in [1.54, 1.807) is 0 Å². The fourth-order valence-electron chi connectivity index (χ4n) is 17.7. The molecule has 0 amide bonds. The number of aliphatic hydroxyl groups excluding tert-OH is 3. The zero-order valence-corrected chi connectivity index (χ0v) is 55.5. The molecule has 502 valence electrons. The van der Waals surface area contributed by atoms with Crippen molar-refractivity contribution in [2.75, 3.05) is 66.6 Å². The maximum absolute atomic E-state index is 12.3. The average molecular weight is 1280 g/mol. The van der Waals surface area contributed by atoms with Crippen LogP contribution in [0.4, 0.5) is 0 Å². The summed E-state index contributed by atoms with van der Waals surface area (Å²) < 4.78 is 35.6. The van der Waals surface area contributed by atoms with Gasteiger partial charge in [0.25, 0.3) is 0 Å². The molecule has 11 atom stereocenters. The Bertz CT molecular complexity index is 3740. The summed E-state index contributed by atoms with van der Waals surface area (Å²) in [4.78, 5) is 3.43. The van der Waals surface area contributed by atoms with Crippen molar-refractivity contribution in [1.29, 1.82) is 0 Å². The number of H-pyrrole nitrogens is 1. The molecule has 2 bridgehead atoms. The van der Waals surface area contributed by atoms with Gasteiger partial charge >= 0.3 is 0 Å². The van der Waals surface area contributed by atoms with E-state index in [9.17, 15) is 30.6 Å². The molecular weight excluding hydrogens is 1180 g/mol. The fraction of sp³-hybridized carbons (Fsp3) is 0.538. The highest BCUT2D eigenvalue weighted by atomic mass is 16.6. The highest BCUT2D eigenvalue weighted by Crippen LogP contribution is 2.62. The second-order valence-corrected chi connectivity index (χ2v) is 28.9. The summed E-state index contributed by atoms with van der Waals surface area (Å²) in [6.45, 7) is 8.32. The van der Waals surface area contributed by atoms with Crippen LogP contribution in [0.1, 0.15) is 166 Å². The standard InChI is InChI=1S/C78H99N5O11/c1-48(2)38-76(3,89)45-80-46-82-68-20-8-19-57(42-85)92-67-36-53(34-52(72(67)88)16-12-32-84)75-78(68,91-47-83-56-18-10-29-77(39-56)28-9-17-55(77)44-90-4)40-64-61-37-63-69(51-21-25-65-50(33-51)27-31-81-65)54(41-79-30-11-15-49-13-6-5-7-14-49)35-62-66(87)26-24-59(70(62)63)71(61)74-60(73(64)94-75)23-22-58(43-86)93-74/h5-7,13-14,21,24-27,31,33-36,48,55-58,63,68-69,75,79-89H,9-12,15-19,22-23,28-30,32,37-47H2,1-4H3. The van der Waals surface area contributed by atoms with Crippen LogP contribution in [0.25, 0.3) is 28.1 Å². The maximum Gasteiger partial charge on any atom is 0.162 e. The van der Waals surface area contributed by atoms with Gasteiger partial charge in [-0.15, -0.1) is 0 Å². The Balaban J connectivity index is 0.990. The molecule has 1 spiro atoms. The summed E-state index contributed by atoms with van der Waals surface area (Å²) in [7, 11) is 1.82. The summed E-state index contributed by atoms with van der Waals surface area (Å²) in [6, 6.07) is 26.6. The number of benzene rings is 5. The van der Waals surface area contributed by atoms with Gasteiger partial charge in [-0.05, 0) is 212 Å². The van der Waals surface area contributed by atoms with E-state index in [0.717, 1.165) is 95.1 Å². The molecule has 1 aromatic heterocycles. The van der Waals surface area contributed by atoms with Gasteiger partial charge < -0.3 is 69.9 Å². The summed E-state index contributed by atoms with van der Waals surface area (Å²) in [5.41, 5.74) is 10.4. The smallest absolute Gasteiger partial charge is 0.162 e. The molecule has 4 aliphatic carbocycles. The van der Waals surface area contributed by atoms with Crippen molar-refractivity contribution in [3.63, 3.8) is 0 Å². The molecule has 11 unspecified atom stereocenters. The predicted octanol–water partition coefficient (Wildman–Crippen LogP) is 10.7. The number of aryl methyl sites for hydroxylation is 2. The number of nitrogens with one attached hydrogen (secondary N) is 5. The number of ether oxygens (including phenoxy) is 5. The molecule has 11 N–H and O–H groups in total. The Morgan fingerprint density at radius 2 is 1.68 bits per heavy atom. The van der Waals surface area contributed by atoms with E-state index in [1.807, 2.05) is 38.4 Å². The van der Waals surface area contributed by atoms with E-state index in [4.69, 9.17) is 23.7 Å². The van der Waals surface area contributed by atoms with Gasteiger partial charge in [-0.1, -0.05) is 81.0 Å². The van der Waals surface area contributed by atoms with Gasteiger partial charge in [-0.3, -0.25) is 10.6 Å². The first-order chi connectivity index (χ1) is 45.7. The maximum atomic E-state index is 12.3. The Morgan fingerprint density at radius 1 is 0.840 bits per heavy atom. The van der Waals surface area contributed by atoms with Crippen LogP contribution in [0, 0.1) is 29.1 Å². The van der Waals surface area contributed by atoms with Crippen molar-refractivity contribution in [2.24, 2.45) is 17.3 Å². The summed E-state index contributed by atoms with van der Waals surface area (Å²) in [5.74, 6) is 9.31. The second-order valence-electron chi connectivity index (χ2n) is 28.9. The van der Waals surface area contributed by atoms with E-state index >= 15 is 0 Å². The van der Waals surface area contributed by atoms with Gasteiger partial charge in [0.15, 0.2) is 17.6 Å². The Hall–Kier alpha value is -6.46. The molecule has 6 aromatic rings. The normalized spacial score (nSPS) is 26.5. The number of hydrogen-bond acceptors (Lipinski definition) is 15. The van der Waals surface area contributed by atoms with Crippen LogP contribution >= 0.6 is 0 Å². The molecule has 3 aliphatic heterocycles. The second kappa shape index (κ2) is 28.7. The lowest BCUT2D eigenvalue weighted by Gasteiger charge is -2.50. The number of hydrogen-bond donors (Lipinski definition) is 11. The topological polar surface area (TPSA) is 231 Å². The highest BCUT2D eigenvalue weighted by molar-refractivity contribution is 5.90. The third kappa shape index (κ3) is 13.4. The molecule has 2 fully saturated rings. The molecule has 16 heteroatoms. The van der Waals surface area contributed by atoms with Crippen LogP contribution in [-0.2, 0) is 41.6 Å². The number of rotatable bonds is 25. The van der Waals surface area contributed by atoms with E-state index in [0.29, 0.717) is 86.6 Å². The molecule has 94 heavy (non-hydrogen) atoms. The van der Waals surface area contributed by atoms with Gasteiger partial charge in [-0.2, -0.15) is 0 Å². The Labute approximate surface area is 554 Å². The van der Waals surface area contributed by atoms with Crippen molar-refractivity contribution < 1.29 is 54.3 Å². The van der Waals surface area contributed by atoms with Crippen molar-refractivity contribution >= 4 is 17.0 Å². The van der Waals surface area contributed by atoms with Crippen LogP contribution in [0.3, 0.4) is 0 Å². The molecule has 16 nitrogen and oxygen atoms in total. The minimum atomic E-state index is -1.37. The predicted molar refractivity (Wildman–Crippen MR) is 367 cm³/mol. The fourth-order valence-corrected chi connectivity index (χ4v) is 17.7. The lowest BCUT2D eigenvalue weighted by Crippen LogP contribution is -2.62. The lowest BCUT2D eigenvalue weighted by molar-refractivity contribution is -0.145. The quantitative estimate of drug-likeness (QED) is 0.0145. The first-order valence-electron chi connectivity index (χ1n) is 35.0. The lowest BCUT2D eigenvalue weighted by atomic mass is 9.62. The number of phenols is 2. The zero-order valence-electron chi connectivity index (χ0n) is 55.5. The molecule has 4 heterocycles. The van der Waals surface area contributed by atoms with Crippen molar-refractivity contribution in [3.05, 3.63) is 141 Å². The summed E-state index contributed by atoms with van der Waals surface area (Å²) in [5, 5.41) is 84.8. The molecule has 13 rings (SSSR count). The summed E-state index contributed by atoms with van der Waals surface area (Å²) >= 11 is 0. The van der Waals surface area contributed by atoms with Crippen LogP contribution < -0.4 is 35.5 Å². The van der Waals surface area contributed by atoms with Crippen molar-refractivity contribution in [3.8, 4) is 51.7 Å². The summed E-state index contributed by atoms with van der Waals surface area (Å²) in [6.07, 6.45) is 15.1. The van der Waals surface area contributed by atoms with E-state index in [2.05, 4.69) is 119 Å². The first-order valence-corrected chi connectivity index (χ1v) is 35.0. The minimum absolute atomic E-state index is 0.0723. The zero-order chi connectivity index (χ0) is 65.1. The SMILES string of the molecule is COCC1CCCC12CCCC(NCOC13Cc4c5c(c6c(c4OC1c1cc(CCCO)c(O)c(c1)OC(CO)CC#CC3NCNCC(C)(O)CC(C)C)CCC(CO)O6)-c1ccc(O)c3c1C(C5)C(c1ccc4[nH]ccc4c1)C(CNCCCc1ccccc1)=C3)C2. The van der Waals surface area contributed by atoms with Crippen LogP contribution in [0.15, 0.2) is 90.6 Å². The number of aromatic nitrogens is 1. The number of aromatic amines is 1. The van der Waals surface area contributed by atoms with Gasteiger partial charge in [0.05, 0.1) is 25.5 Å². The Kier molecular flexibility index (Phi) is 20.2. The van der Waals surface area contributed by atoms with Crippen LogP contribution in [-0.4, -0.2) is 138 Å². The largest absolute Gasteiger partial charge is 0.507 e. The molecule has 2 saturated carbocycles. The number of fused-ring (bicyclic) bond motifs is 12. The van der Waals surface area contributed by atoms with Gasteiger partial charge in [-0.25, -0.2) is 0 Å². The minimum Gasteiger partial charge on any atom is -0.507 e. The monoisotopic (exact) mass is 1280 g/mol.